The lowest BCUT2D eigenvalue weighted by atomic mass is 9.79. The molecule has 0 unspecified atom stereocenters. The average molecular weight is 274 g/mol. The number of hydrogen-bond donors (Lipinski definition) is 2. The van der Waals surface area contributed by atoms with E-state index in [0.717, 1.165) is 5.56 Å². The molecule has 0 aliphatic heterocycles. The summed E-state index contributed by atoms with van der Waals surface area (Å²) >= 11 is 0. The molecule has 0 atom stereocenters. The van der Waals surface area contributed by atoms with Crippen LogP contribution in [0.5, 0.6) is 5.75 Å². The Balaban J connectivity index is 2.43. The molecule has 1 heterocycles. The van der Waals surface area contributed by atoms with Crippen molar-refractivity contribution in [3.05, 3.63) is 52.2 Å². The number of nitrogens with zero attached hydrogens (tertiary/aromatic N) is 2. The van der Waals surface area contributed by atoms with Crippen LogP contribution in [0.15, 0.2) is 35.4 Å². The molecule has 0 aliphatic rings. The van der Waals surface area contributed by atoms with E-state index in [2.05, 4.69) is 4.98 Å². The quantitative estimate of drug-likeness (QED) is 0.719. The molecule has 1 aromatic heterocycles. The van der Waals surface area contributed by atoms with Gasteiger partial charge in [-0.25, -0.2) is 9.78 Å². The lowest BCUT2D eigenvalue weighted by Gasteiger charge is -2.12. The van der Waals surface area contributed by atoms with Gasteiger partial charge < -0.3 is 14.8 Å². The van der Waals surface area contributed by atoms with Gasteiger partial charge in [0.05, 0.1) is 13.7 Å². The molecule has 0 saturated heterocycles. The van der Waals surface area contributed by atoms with Crippen molar-refractivity contribution in [1.29, 1.82) is 0 Å². The summed E-state index contributed by atoms with van der Waals surface area (Å²) in [6.07, 6.45) is 3.20. The van der Waals surface area contributed by atoms with Gasteiger partial charge in [0, 0.05) is 18.0 Å². The summed E-state index contributed by atoms with van der Waals surface area (Å²) in [7, 11) is -0.0440. The van der Waals surface area contributed by atoms with Crippen LogP contribution in [0, 0.1) is 6.92 Å². The van der Waals surface area contributed by atoms with Crippen molar-refractivity contribution in [2.75, 3.05) is 7.11 Å². The van der Waals surface area contributed by atoms with Crippen LogP contribution in [0.3, 0.4) is 0 Å². The number of ether oxygens (including phenoxy) is 1. The monoisotopic (exact) mass is 274 g/mol. The Morgan fingerprint density at radius 2 is 2.15 bits per heavy atom. The number of rotatable bonds is 4. The second-order valence-electron chi connectivity index (χ2n) is 4.49. The van der Waals surface area contributed by atoms with Gasteiger partial charge in [0.1, 0.15) is 5.75 Å². The maximum Gasteiger partial charge on any atom is 0.488 e. The van der Waals surface area contributed by atoms with Crippen LogP contribution in [0.2, 0.25) is 0 Å². The summed E-state index contributed by atoms with van der Waals surface area (Å²) < 4.78 is 6.67. The zero-order valence-corrected chi connectivity index (χ0v) is 11.3. The van der Waals surface area contributed by atoms with Crippen molar-refractivity contribution in [2.24, 2.45) is 0 Å². The topological polar surface area (TPSA) is 84.6 Å². The van der Waals surface area contributed by atoms with E-state index in [9.17, 15) is 14.8 Å². The molecule has 0 radical (unpaired) electrons. The summed E-state index contributed by atoms with van der Waals surface area (Å²) in [6.45, 7) is 2.09. The van der Waals surface area contributed by atoms with Gasteiger partial charge >= 0.3 is 12.8 Å². The highest BCUT2D eigenvalue weighted by Crippen LogP contribution is 2.17. The van der Waals surface area contributed by atoms with Gasteiger partial charge in [-0.3, -0.25) is 4.57 Å². The zero-order valence-electron chi connectivity index (χ0n) is 11.3. The van der Waals surface area contributed by atoms with Gasteiger partial charge in [-0.05, 0) is 24.0 Å². The SMILES string of the molecule is COc1ccc(B(O)O)cc1Cn1cc(C)cnc1=O. The Morgan fingerprint density at radius 1 is 1.40 bits per heavy atom. The molecule has 0 spiro atoms. The van der Waals surface area contributed by atoms with Gasteiger partial charge in [0.25, 0.3) is 0 Å². The predicted molar refractivity (Wildman–Crippen MR) is 75.2 cm³/mol. The van der Waals surface area contributed by atoms with Gasteiger partial charge in [-0.1, -0.05) is 12.1 Å². The van der Waals surface area contributed by atoms with Crippen molar-refractivity contribution in [2.45, 2.75) is 13.5 Å². The van der Waals surface area contributed by atoms with Crippen molar-refractivity contribution >= 4 is 12.6 Å². The maximum atomic E-state index is 11.7. The molecule has 2 N–H and O–H groups in total. The molecule has 2 aromatic rings. The Hall–Kier alpha value is -2.12. The Bertz CT molecular complexity index is 670. The number of aryl methyl sites for hydroxylation is 1. The minimum Gasteiger partial charge on any atom is -0.496 e. The molecular formula is C13H15BN2O4. The number of benzene rings is 1. The van der Waals surface area contributed by atoms with Crippen LogP contribution in [-0.4, -0.2) is 33.8 Å². The van der Waals surface area contributed by atoms with Gasteiger partial charge in [-0.15, -0.1) is 0 Å². The summed E-state index contributed by atoms with van der Waals surface area (Å²) in [5.74, 6) is 0.572. The molecule has 0 bridgehead atoms. The molecule has 0 amide bonds. The summed E-state index contributed by atoms with van der Waals surface area (Å²) in [5, 5.41) is 18.4. The lowest BCUT2D eigenvalue weighted by Crippen LogP contribution is -2.31. The number of methoxy groups -OCH3 is 1. The van der Waals surface area contributed by atoms with E-state index in [1.807, 2.05) is 6.92 Å². The lowest BCUT2D eigenvalue weighted by molar-refractivity contribution is 0.407. The highest BCUT2D eigenvalue weighted by atomic mass is 16.5. The van der Waals surface area contributed by atoms with Crippen LogP contribution in [0.25, 0.3) is 0 Å². The van der Waals surface area contributed by atoms with Gasteiger partial charge in [0.2, 0.25) is 0 Å². The standard InChI is InChI=1S/C13H15BN2O4/c1-9-6-15-13(17)16(7-9)8-10-5-11(14(18)19)3-4-12(10)20-2/h3-7,18-19H,8H2,1-2H3. The Morgan fingerprint density at radius 3 is 2.80 bits per heavy atom. The molecule has 20 heavy (non-hydrogen) atoms. The summed E-state index contributed by atoms with van der Waals surface area (Å²) in [6, 6.07) is 4.79. The van der Waals surface area contributed by atoms with E-state index >= 15 is 0 Å². The number of aromatic nitrogens is 2. The first-order valence-electron chi connectivity index (χ1n) is 6.07. The Labute approximate surface area is 116 Å². The minimum atomic E-state index is -1.56. The predicted octanol–water partition coefficient (Wildman–Crippen LogP) is -0.712. The molecule has 0 aliphatic carbocycles. The fourth-order valence-electron chi connectivity index (χ4n) is 1.95. The van der Waals surface area contributed by atoms with Gasteiger partial charge in [0.15, 0.2) is 0 Å². The second-order valence-corrected chi connectivity index (χ2v) is 4.49. The summed E-state index contributed by atoms with van der Waals surface area (Å²) in [4.78, 5) is 15.5. The molecule has 6 nitrogen and oxygen atoms in total. The normalized spacial score (nSPS) is 10.4. The van der Waals surface area contributed by atoms with Crippen LogP contribution < -0.4 is 15.9 Å². The average Bonchev–Trinajstić information content (AvgIpc) is 2.42. The van der Waals surface area contributed by atoms with Gasteiger partial charge in [-0.2, -0.15) is 0 Å². The molecule has 1 aromatic carbocycles. The molecule has 7 heteroatoms. The van der Waals surface area contributed by atoms with E-state index in [0.29, 0.717) is 16.8 Å². The fourth-order valence-corrected chi connectivity index (χ4v) is 1.95. The molecule has 2 rings (SSSR count). The summed E-state index contributed by atoms with van der Waals surface area (Å²) in [5.41, 5.74) is 1.51. The van der Waals surface area contributed by atoms with Crippen molar-refractivity contribution < 1.29 is 14.8 Å². The maximum absolute atomic E-state index is 11.7. The third-order valence-corrected chi connectivity index (χ3v) is 2.93. The first-order chi connectivity index (χ1) is 9.51. The number of hydrogen-bond acceptors (Lipinski definition) is 5. The van der Waals surface area contributed by atoms with Crippen molar-refractivity contribution in [3.8, 4) is 5.75 Å². The third-order valence-electron chi connectivity index (χ3n) is 2.93. The second kappa shape index (κ2) is 5.89. The Kier molecular flexibility index (Phi) is 4.21. The van der Waals surface area contributed by atoms with E-state index in [-0.39, 0.29) is 12.2 Å². The van der Waals surface area contributed by atoms with E-state index in [1.165, 1.54) is 17.9 Å². The third kappa shape index (κ3) is 3.07. The van der Waals surface area contributed by atoms with Crippen LogP contribution in [0.4, 0.5) is 0 Å². The first kappa shape index (κ1) is 14.3. The van der Waals surface area contributed by atoms with Crippen molar-refractivity contribution in [1.82, 2.24) is 9.55 Å². The highest BCUT2D eigenvalue weighted by molar-refractivity contribution is 6.58. The molecule has 0 saturated carbocycles. The minimum absolute atomic E-state index is 0.247. The highest BCUT2D eigenvalue weighted by Gasteiger charge is 2.14. The first-order valence-corrected chi connectivity index (χ1v) is 6.07. The van der Waals surface area contributed by atoms with Crippen LogP contribution in [-0.2, 0) is 6.54 Å². The van der Waals surface area contributed by atoms with Crippen LogP contribution in [0.1, 0.15) is 11.1 Å². The molecule has 104 valence electrons. The van der Waals surface area contributed by atoms with Crippen LogP contribution >= 0.6 is 0 Å². The molecule has 0 fully saturated rings. The van der Waals surface area contributed by atoms with E-state index in [4.69, 9.17) is 4.74 Å². The fraction of sp³-hybridized carbons (Fsp3) is 0.231. The van der Waals surface area contributed by atoms with E-state index < -0.39 is 7.12 Å². The largest absolute Gasteiger partial charge is 0.496 e. The van der Waals surface area contributed by atoms with Crippen molar-refractivity contribution in [3.63, 3.8) is 0 Å². The zero-order chi connectivity index (χ0) is 14.7. The smallest absolute Gasteiger partial charge is 0.488 e. The van der Waals surface area contributed by atoms with E-state index in [1.54, 1.807) is 24.4 Å². The molecular weight excluding hydrogens is 259 g/mol.